The van der Waals surface area contributed by atoms with E-state index in [1.54, 1.807) is 60.7 Å². The molecule has 0 bridgehead atoms. The number of carbonyl (C=O) groups excluding carboxylic acids is 2. The van der Waals surface area contributed by atoms with Crippen LogP contribution in [0.5, 0.6) is 5.75 Å². The van der Waals surface area contributed by atoms with Crippen LogP contribution in [0.3, 0.4) is 0 Å². The summed E-state index contributed by atoms with van der Waals surface area (Å²) in [6.07, 6.45) is 0.208. The third-order valence-corrected chi connectivity index (χ3v) is 9.61. The summed E-state index contributed by atoms with van der Waals surface area (Å²) < 4.78 is 35.1. The first-order valence-corrected chi connectivity index (χ1v) is 16.9. The van der Waals surface area contributed by atoms with E-state index in [9.17, 15) is 18.0 Å². The van der Waals surface area contributed by atoms with Crippen molar-refractivity contribution in [2.75, 3.05) is 24.5 Å². The van der Waals surface area contributed by atoms with Gasteiger partial charge in [-0.05, 0) is 59.9 Å². The number of aryl methyl sites for hydroxylation is 1. The first-order chi connectivity index (χ1) is 22.0. The van der Waals surface area contributed by atoms with Gasteiger partial charge in [0.15, 0.2) is 0 Å². The van der Waals surface area contributed by atoms with Crippen molar-refractivity contribution in [2.24, 2.45) is 5.92 Å². The third-order valence-electron chi connectivity index (χ3n) is 7.47. The summed E-state index contributed by atoms with van der Waals surface area (Å²) in [5.74, 6) is -0.465. The SMILES string of the molecule is COc1ccc(C)cc1N(CC(=O)N(Cc1ccccc1Cl)[C@H](Cc1ccccc1)C(=O)NCC(C)C)S(=O)(=O)c1ccccc1. The van der Waals surface area contributed by atoms with Gasteiger partial charge in [-0.2, -0.15) is 0 Å². The first kappa shape index (κ1) is 34.5. The lowest BCUT2D eigenvalue weighted by molar-refractivity contribution is -0.140. The number of sulfonamides is 1. The van der Waals surface area contributed by atoms with Crippen molar-refractivity contribution in [3.8, 4) is 5.75 Å². The monoisotopic (exact) mass is 661 g/mol. The van der Waals surface area contributed by atoms with Crippen LogP contribution in [-0.4, -0.2) is 51.4 Å². The van der Waals surface area contributed by atoms with Gasteiger partial charge in [0, 0.05) is 24.5 Å². The molecule has 4 aromatic carbocycles. The van der Waals surface area contributed by atoms with Crippen LogP contribution < -0.4 is 14.4 Å². The fourth-order valence-electron chi connectivity index (χ4n) is 5.01. The van der Waals surface area contributed by atoms with E-state index in [0.29, 0.717) is 17.1 Å². The van der Waals surface area contributed by atoms with Gasteiger partial charge >= 0.3 is 0 Å². The number of anilines is 1. The number of ether oxygens (including phenoxy) is 1. The largest absolute Gasteiger partial charge is 0.495 e. The van der Waals surface area contributed by atoms with E-state index < -0.39 is 28.5 Å². The molecule has 0 saturated carbocycles. The number of nitrogens with one attached hydrogen (secondary N) is 1. The molecule has 0 fully saturated rings. The Bertz CT molecular complexity index is 1730. The maximum Gasteiger partial charge on any atom is 0.264 e. The highest BCUT2D eigenvalue weighted by molar-refractivity contribution is 7.92. The standard InChI is InChI=1S/C36H40ClN3O5S/c1-26(2)23-38-36(42)33(22-28-13-7-5-8-14-28)39(24-29-15-11-12-18-31(29)37)35(41)25-40(32-21-27(3)19-20-34(32)45-4)46(43,44)30-16-9-6-10-17-30/h5-21,26,33H,22-25H2,1-4H3,(H,38,42)/t33-/m1/s1. The molecule has 0 heterocycles. The van der Waals surface area contributed by atoms with Gasteiger partial charge in [-0.15, -0.1) is 0 Å². The molecule has 1 atom stereocenters. The molecule has 10 heteroatoms. The highest BCUT2D eigenvalue weighted by Gasteiger charge is 2.35. The van der Waals surface area contributed by atoms with Gasteiger partial charge in [-0.25, -0.2) is 8.42 Å². The topological polar surface area (TPSA) is 96.0 Å². The maximum absolute atomic E-state index is 14.6. The Morgan fingerprint density at radius 2 is 1.52 bits per heavy atom. The van der Waals surface area contributed by atoms with E-state index in [0.717, 1.165) is 15.4 Å². The molecule has 1 N–H and O–H groups in total. The smallest absolute Gasteiger partial charge is 0.264 e. The van der Waals surface area contributed by atoms with E-state index in [2.05, 4.69) is 5.32 Å². The maximum atomic E-state index is 14.6. The molecule has 0 aliphatic rings. The van der Waals surface area contributed by atoms with Crippen LogP contribution in [0.15, 0.2) is 108 Å². The van der Waals surface area contributed by atoms with Crippen molar-refractivity contribution < 1.29 is 22.7 Å². The minimum absolute atomic E-state index is 0.0134. The molecule has 0 unspecified atom stereocenters. The molecule has 4 rings (SSSR count). The van der Waals surface area contributed by atoms with E-state index in [1.807, 2.05) is 51.1 Å². The predicted molar refractivity (Wildman–Crippen MR) is 182 cm³/mol. The Hall–Kier alpha value is -4.34. The number of carbonyl (C=O) groups is 2. The Kier molecular flexibility index (Phi) is 11.8. The second-order valence-corrected chi connectivity index (χ2v) is 13.7. The normalized spacial score (nSPS) is 12.0. The van der Waals surface area contributed by atoms with Gasteiger partial charge in [0.1, 0.15) is 18.3 Å². The summed E-state index contributed by atoms with van der Waals surface area (Å²) in [5, 5.41) is 3.41. The van der Waals surface area contributed by atoms with Crippen molar-refractivity contribution in [1.29, 1.82) is 0 Å². The number of benzene rings is 4. The Balaban J connectivity index is 1.85. The Morgan fingerprint density at radius 3 is 2.15 bits per heavy atom. The van der Waals surface area contributed by atoms with Crippen molar-refractivity contribution in [2.45, 2.75) is 44.7 Å². The molecular formula is C36H40ClN3O5S. The second-order valence-electron chi connectivity index (χ2n) is 11.5. The average Bonchev–Trinajstić information content (AvgIpc) is 3.05. The summed E-state index contributed by atoms with van der Waals surface area (Å²) in [6, 6.07) is 28.6. The fraction of sp³-hybridized carbons (Fsp3) is 0.278. The van der Waals surface area contributed by atoms with E-state index >= 15 is 0 Å². The van der Waals surface area contributed by atoms with Crippen LogP contribution in [0.2, 0.25) is 5.02 Å². The lowest BCUT2D eigenvalue weighted by Gasteiger charge is -2.34. The summed E-state index contributed by atoms with van der Waals surface area (Å²) in [5.41, 5.74) is 2.46. The number of nitrogens with zero attached hydrogens (tertiary/aromatic N) is 2. The quantitative estimate of drug-likeness (QED) is 0.172. The summed E-state index contributed by atoms with van der Waals surface area (Å²) in [6.45, 7) is 5.60. The molecule has 0 saturated heterocycles. The number of hydrogen-bond acceptors (Lipinski definition) is 5. The molecule has 0 spiro atoms. The average molecular weight is 662 g/mol. The fourth-order valence-corrected chi connectivity index (χ4v) is 6.65. The highest BCUT2D eigenvalue weighted by Crippen LogP contribution is 2.34. The molecule has 0 aliphatic carbocycles. The summed E-state index contributed by atoms with van der Waals surface area (Å²) >= 11 is 6.57. The molecule has 2 amide bonds. The van der Waals surface area contributed by atoms with E-state index in [1.165, 1.54) is 24.1 Å². The van der Waals surface area contributed by atoms with Gasteiger partial charge in [-0.3, -0.25) is 13.9 Å². The molecule has 0 aliphatic heterocycles. The highest BCUT2D eigenvalue weighted by atomic mass is 35.5. The zero-order valence-electron chi connectivity index (χ0n) is 26.5. The third kappa shape index (κ3) is 8.68. The Labute approximate surface area is 277 Å². The van der Waals surface area contributed by atoms with Gasteiger partial charge in [0.25, 0.3) is 10.0 Å². The molecule has 0 aromatic heterocycles. The van der Waals surface area contributed by atoms with Crippen molar-refractivity contribution >= 4 is 39.1 Å². The summed E-state index contributed by atoms with van der Waals surface area (Å²) in [7, 11) is -2.81. The van der Waals surface area contributed by atoms with Crippen LogP contribution in [0, 0.1) is 12.8 Å². The molecule has 242 valence electrons. The van der Waals surface area contributed by atoms with Crippen LogP contribution in [0.1, 0.15) is 30.5 Å². The number of halogens is 1. The molecule has 8 nitrogen and oxygen atoms in total. The van der Waals surface area contributed by atoms with Gasteiger partial charge in [-0.1, -0.05) is 98.2 Å². The van der Waals surface area contributed by atoms with E-state index in [-0.39, 0.29) is 41.1 Å². The van der Waals surface area contributed by atoms with Crippen LogP contribution in [0.25, 0.3) is 0 Å². The molecule has 46 heavy (non-hydrogen) atoms. The lowest BCUT2D eigenvalue weighted by atomic mass is 10.0. The first-order valence-electron chi connectivity index (χ1n) is 15.1. The van der Waals surface area contributed by atoms with Crippen LogP contribution in [0.4, 0.5) is 5.69 Å². The minimum Gasteiger partial charge on any atom is -0.495 e. The van der Waals surface area contributed by atoms with Gasteiger partial charge < -0.3 is 15.0 Å². The lowest BCUT2D eigenvalue weighted by Crippen LogP contribution is -2.53. The van der Waals surface area contributed by atoms with Crippen LogP contribution in [-0.2, 0) is 32.6 Å². The Morgan fingerprint density at radius 1 is 0.891 bits per heavy atom. The van der Waals surface area contributed by atoms with Crippen molar-refractivity contribution in [3.63, 3.8) is 0 Å². The van der Waals surface area contributed by atoms with Gasteiger partial charge in [0.2, 0.25) is 11.8 Å². The number of rotatable bonds is 14. The van der Waals surface area contributed by atoms with Gasteiger partial charge in [0.05, 0.1) is 17.7 Å². The molecular weight excluding hydrogens is 622 g/mol. The summed E-state index contributed by atoms with van der Waals surface area (Å²) in [4.78, 5) is 30.0. The second kappa shape index (κ2) is 15.8. The zero-order valence-corrected chi connectivity index (χ0v) is 28.1. The number of methoxy groups -OCH3 is 1. The predicted octanol–water partition coefficient (Wildman–Crippen LogP) is 6.26. The van der Waals surface area contributed by atoms with Crippen molar-refractivity contribution in [1.82, 2.24) is 10.2 Å². The van der Waals surface area contributed by atoms with Crippen molar-refractivity contribution in [3.05, 3.63) is 125 Å². The minimum atomic E-state index is -4.26. The van der Waals surface area contributed by atoms with E-state index in [4.69, 9.17) is 16.3 Å². The number of hydrogen-bond donors (Lipinski definition) is 1. The van der Waals surface area contributed by atoms with Crippen LogP contribution >= 0.6 is 11.6 Å². The molecule has 0 radical (unpaired) electrons. The zero-order chi connectivity index (χ0) is 33.3. The number of amides is 2. The molecule has 4 aromatic rings.